The fourth-order valence-electron chi connectivity index (χ4n) is 9.38. The van der Waals surface area contributed by atoms with E-state index in [1.165, 1.54) is 11.9 Å². The Morgan fingerprint density at radius 1 is 0.697 bits per heavy atom. The third-order valence-electron chi connectivity index (χ3n) is 13.7. The first-order valence-corrected chi connectivity index (χ1v) is 24.4. The summed E-state index contributed by atoms with van der Waals surface area (Å²) in [4.78, 5) is 37.1. The molecule has 1 unspecified atom stereocenters. The van der Waals surface area contributed by atoms with E-state index in [9.17, 15) is 46.2 Å². The van der Waals surface area contributed by atoms with Crippen LogP contribution in [0.2, 0.25) is 0 Å². The van der Waals surface area contributed by atoms with Gasteiger partial charge in [0.25, 0.3) is 0 Å². The molecule has 3 saturated heterocycles. The number of aliphatic hydroxyl groups is 5. The van der Waals surface area contributed by atoms with E-state index in [1.54, 1.807) is 67.6 Å². The van der Waals surface area contributed by atoms with Gasteiger partial charge in [0.05, 0.1) is 68.3 Å². The van der Waals surface area contributed by atoms with Crippen LogP contribution in [0.15, 0.2) is 106 Å². The molecular formula is C48H62N12O16. The van der Waals surface area contributed by atoms with Crippen molar-refractivity contribution < 1.29 is 77.8 Å². The number of nitrogens with zero attached hydrogens (tertiary/aromatic N) is 10. The number of alkyl carbamates (subject to hydrolysis) is 1. The standard InChI is InChI=1S/C48H62N12O16/c1-25(60(2)48(67)70-24-28-16-10-5-11-17-28)30-19-18-29(55-58-51)44(71-30)75-42-35(54-47(66)69-23-27-14-8-4-9-15-27)41(68-22-26-12-6-3-7-13-26)33(49)37(63)43(42)76-46-39(65)40(32(21-61)73-46)74-45-34(56-59-52)38(64)36(62)31(72-45)20-53-57-50/h3-17,25,29-46,61-65H,18-24,49H2,1-2H3,(H,54,66)/t25?,29-,30-,31-,32+,33-,34+,35-,36+,37-,38+,39+,40+,41+,42+,43+,44+,45+,46-/m0/s1. The van der Waals surface area contributed by atoms with Gasteiger partial charge in [0.15, 0.2) is 18.9 Å². The molecule has 4 fully saturated rings. The van der Waals surface area contributed by atoms with E-state index in [2.05, 4.69) is 35.4 Å². The van der Waals surface area contributed by atoms with Crippen LogP contribution in [-0.4, -0.2) is 179 Å². The van der Waals surface area contributed by atoms with Gasteiger partial charge in [-0.15, -0.1) is 0 Å². The van der Waals surface area contributed by atoms with Gasteiger partial charge in [-0.3, -0.25) is 0 Å². The zero-order valence-electron chi connectivity index (χ0n) is 41.4. The van der Waals surface area contributed by atoms with E-state index in [1.807, 2.05) is 30.3 Å². The van der Waals surface area contributed by atoms with E-state index in [4.69, 9.17) is 53.9 Å². The molecule has 4 aliphatic rings. The third kappa shape index (κ3) is 14.1. The number of hydrogen-bond acceptors (Lipinski definition) is 20. The largest absolute Gasteiger partial charge is 0.445 e. The van der Waals surface area contributed by atoms with Crippen LogP contribution < -0.4 is 11.1 Å². The minimum absolute atomic E-state index is 0.00128. The monoisotopic (exact) mass is 1060 g/mol. The molecule has 0 radical (unpaired) electrons. The number of nitrogens with one attached hydrogen (secondary N) is 1. The van der Waals surface area contributed by atoms with Gasteiger partial charge in [-0.2, -0.15) is 0 Å². The van der Waals surface area contributed by atoms with E-state index >= 15 is 0 Å². The van der Waals surface area contributed by atoms with E-state index in [0.717, 1.165) is 5.56 Å². The lowest BCUT2D eigenvalue weighted by molar-refractivity contribution is -0.301. The number of ether oxygens (including phenoxy) is 9. The van der Waals surface area contributed by atoms with Gasteiger partial charge in [0, 0.05) is 21.8 Å². The Balaban J connectivity index is 1.21. The minimum atomic E-state index is -1.91. The molecule has 76 heavy (non-hydrogen) atoms. The summed E-state index contributed by atoms with van der Waals surface area (Å²) in [6, 6.07) is 20.6. The summed E-state index contributed by atoms with van der Waals surface area (Å²) in [5.41, 5.74) is 37.0. The van der Waals surface area contributed by atoms with Crippen LogP contribution in [0.25, 0.3) is 31.3 Å². The lowest BCUT2D eigenvalue weighted by Gasteiger charge is -2.50. The van der Waals surface area contributed by atoms with Crippen LogP contribution in [-0.2, 0) is 62.5 Å². The summed E-state index contributed by atoms with van der Waals surface area (Å²) < 4.78 is 55.2. The Morgan fingerprint density at radius 2 is 1.28 bits per heavy atom. The molecule has 3 heterocycles. The van der Waals surface area contributed by atoms with Crippen molar-refractivity contribution in [1.82, 2.24) is 10.2 Å². The zero-order chi connectivity index (χ0) is 54.3. The molecule has 19 atom stereocenters. The molecule has 0 bridgehead atoms. The van der Waals surface area contributed by atoms with Crippen molar-refractivity contribution in [3.63, 3.8) is 0 Å². The number of hydrogen-bond donors (Lipinski definition) is 7. The molecule has 2 amide bonds. The van der Waals surface area contributed by atoms with Crippen LogP contribution in [0, 0.1) is 0 Å². The summed E-state index contributed by atoms with van der Waals surface area (Å²) in [6.45, 7) is 0.113. The molecule has 3 aliphatic heterocycles. The molecule has 3 aromatic carbocycles. The maximum Gasteiger partial charge on any atom is 0.410 e. The summed E-state index contributed by atoms with van der Waals surface area (Å²) in [6.07, 6.45) is -23.5. The summed E-state index contributed by atoms with van der Waals surface area (Å²) in [5.74, 6) is 0. The number of carbonyl (C=O) groups is 2. The van der Waals surface area contributed by atoms with Crippen molar-refractivity contribution in [3.8, 4) is 0 Å². The highest BCUT2D eigenvalue weighted by molar-refractivity contribution is 5.68. The van der Waals surface area contributed by atoms with Crippen LogP contribution in [0.1, 0.15) is 36.5 Å². The quantitative estimate of drug-likeness (QED) is 0.0458. The minimum Gasteiger partial charge on any atom is -0.445 e. The molecule has 0 spiro atoms. The second-order valence-electron chi connectivity index (χ2n) is 18.5. The number of amides is 2. The predicted octanol–water partition coefficient (Wildman–Crippen LogP) is 3.08. The highest BCUT2D eigenvalue weighted by Crippen LogP contribution is 2.37. The maximum absolute atomic E-state index is 14.0. The molecule has 28 nitrogen and oxygen atoms in total. The molecule has 8 N–H and O–H groups in total. The Kier molecular flexibility index (Phi) is 20.8. The maximum atomic E-state index is 14.0. The normalized spacial score (nSPS) is 33.5. The predicted molar refractivity (Wildman–Crippen MR) is 261 cm³/mol. The van der Waals surface area contributed by atoms with Gasteiger partial charge in [-0.05, 0) is 53.0 Å². The fraction of sp³-hybridized carbons (Fsp3) is 0.583. The first-order valence-electron chi connectivity index (χ1n) is 24.4. The topological polar surface area (TPSA) is 406 Å². The lowest BCUT2D eigenvalue weighted by Crippen LogP contribution is -2.73. The highest BCUT2D eigenvalue weighted by atomic mass is 16.8. The highest BCUT2D eigenvalue weighted by Gasteiger charge is 2.57. The first kappa shape index (κ1) is 57.3. The molecule has 410 valence electrons. The Labute approximate surface area is 435 Å². The summed E-state index contributed by atoms with van der Waals surface area (Å²) in [7, 11) is 1.53. The number of azide groups is 3. The van der Waals surface area contributed by atoms with Crippen LogP contribution in [0.3, 0.4) is 0 Å². The number of carbonyl (C=O) groups excluding carboxylic acids is 2. The Morgan fingerprint density at radius 3 is 1.88 bits per heavy atom. The van der Waals surface area contributed by atoms with E-state index in [0.29, 0.717) is 11.1 Å². The molecule has 1 aliphatic carbocycles. The zero-order valence-corrected chi connectivity index (χ0v) is 41.4. The molecule has 3 aromatic rings. The van der Waals surface area contributed by atoms with Gasteiger partial charge in [0.2, 0.25) is 0 Å². The molecule has 28 heteroatoms. The fourth-order valence-corrected chi connectivity index (χ4v) is 9.38. The van der Waals surface area contributed by atoms with Crippen LogP contribution in [0.4, 0.5) is 9.59 Å². The van der Waals surface area contributed by atoms with Crippen LogP contribution in [0.5, 0.6) is 0 Å². The molecule has 7 rings (SSSR count). The molecule has 0 aromatic heterocycles. The lowest BCUT2D eigenvalue weighted by atomic mass is 9.81. The Hall–Kier alpha value is -6.39. The number of rotatable bonds is 21. The molecular weight excluding hydrogens is 1000 g/mol. The second kappa shape index (κ2) is 27.6. The average molecular weight is 1060 g/mol. The smallest absolute Gasteiger partial charge is 0.410 e. The van der Waals surface area contributed by atoms with Crippen molar-refractivity contribution in [1.29, 1.82) is 0 Å². The van der Waals surface area contributed by atoms with Crippen LogP contribution >= 0.6 is 0 Å². The van der Waals surface area contributed by atoms with Gasteiger partial charge < -0.3 is 84.1 Å². The summed E-state index contributed by atoms with van der Waals surface area (Å²) >= 11 is 0. The summed E-state index contributed by atoms with van der Waals surface area (Å²) in [5, 5.41) is 70.1. The van der Waals surface area contributed by atoms with Gasteiger partial charge >= 0.3 is 12.2 Å². The third-order valence-corrected chi connectivity index (χ3v) is 13.7. The van der Waals surface area contributed by atoms with Crippen molar-refractivity contribution in [2.75, 3.05) is 20.2 Å². The van der Waals surface area contributed by atoms with Crippen molar-refractivity contribution >= 4 is 12.2 Å². The SMILES string of the molecule is CC([C@@H]1CC[C@H](N=[N+]=[N-])[C@@H](O[C@@H]2[C@@H](NC(=O)OCc3ccccc3)[C@H](OCc3ccccc3)[C@@H](N)[C@H](O)[C@H]2O[C@@H]2O[C@H](CO)[C@@H](O[C@H]3O[C@@H](CN=[N+]=[N-])[C@@H](O)[C@H](O)[C@H]3N=[N+]=[N-])[C@H]2O)O1)N(C)C(=O)OCc1ccccc1. The number of aliphatic hydroxyl groups excluding tert-OH is 5. The van der Waals surface area contributed by atoms with Gasteiger partial charge in [-0.25, -0.2) is 9.59 Å². The molecule has 1 saturated carbocycles. The van der Waals surface area contributed by atoms with Gasteiger partial charge in [-0.1, -0.05) is 106 Å². The number of benzene rings is 3. The Bertz CT molecular complexity index is 2480. The van der Waals surface area contributed by atoms with E-state index in [-0.39, 0.29) is 32.7 Å². The van der Waals surface area contributed by atoms with Crippen molar-refractivity contribution in [2.45, 2.75) is 156 Å². The average Bonchev–Trinajstić information content (AvgIpc) is 3.76. The van der Waals surface area contributed by atoms with Gasteiger partial charge in [0.1, 0.15) is 62.0 Å². The van der Waals surface area contributed by atoms with Crippen molar-refractivity contribution in [2.24, 2.45) is 21.1 Å². The first-order chi connectivity index (χ1) is 36.8. The van der Waals surface area contributed by atoms with Crippen molar-refractivity contribution in [3.05, 3.63) is 139 Å². The number of nitrogens with two attached hydrogens (primary N) is 1. The number of likely N-dealkylation sites (N-methyl/N-ethyl adjacent to an activating group) is 1. The second-order valence-corrected chi connectivity index (χ2v) is 18.5. The van der Waals surface area contributed by atoms with E-state index < -0.39 is 142 Å².